The first-order chi connectivity index (χ1) is 14.1. The quantitative estimate of drug-likeness (QED) is 0.668. The van der Waals surface area contributed by atoms with Gasteiger partial charge in [0.2, 0.25) is 0 Å². The Kier molecular flexibility index (Phi) is 4.25. The molecule has 1 heterocycles. The Hall–Kier alpha value is -0.900. The third kappa shape index (κ3) is 2.36. The first-order valence-corrected chi connectivity index (χ1v) is 12.1. The molecule has 5 fully saturated rings. The van der Waals surface area contributed by atoms with E-state index in [1.807, 2.05) is 0 Å². The van der Waals surface area contributed by atoms with E-state index in [0.29, 0.717) is 22.9 Å². The topological polar surface area (TPSA) is 32.7 Å². The minimum Gasteiger partial charge on any atom is -0.389 e. The van der Waals surface area contributed by atoms with Gasteiger partial charge in [-0.1, -0.05) is 37.3 Å². The van der Waals surface area contributed by atoms with Crippen LogP contribution in [0.3, 0.4) is 0 Å². The van der Waals surface area contributed by atoms with E-state index in [9.17, 15) is 5.11 Å². The van der Waals surface area contributed by atoms with Gasteiger partial charge in [-0.15, -0.1) is 0 Å². The van der Waals surface area contributed by atoms with Crippen molar-refractivity contribution in [2.24, 2.45) is 28.6 Å². The van der Waals surface area contributed by atoms with Crippen molar-refractivity contribution in [1.82, 2.24) is 4.90 Å². The molecule has 29 heavy (non-hydrogen) atoms. The molecule has 1 saturated heterocycles. The standard InChI is InChI=1S/C26H37NO2/c1-19-7-10-27(11-8-19)16-23(28)17-29-12-9-24-14-21-13-22-15-25(18-24,26(21,22)24)20-5-3-2-4-6-20/h2-6,19,21-23,28H,7-18H2,1H3/t21?,22?,23-,24?,25?,26?/m1/s1. The van der Waals surface area contributed by atoms with E-state index < -0.39 is 0 Å². The molecule has 158 valence electrons. The van der Waals surface area contributed by atoms with Crippen molar-refractivity contribution in [3.8, 4) is 0 Å². The molecule has 0 radical (unpaired) electrons. The molecular weight excluding hydrogens is 358 g/mol. The summed E-state index contributed by atoms with van der Waals surface area (Å²) in [6.45, 7) is 6.72. The van der Waals surface area contributed by atoms with E-state index in [-0.39, 0.29) is 6.10 Å². The van der Waals surface area contributed by atoms with Gasteiger partial charge in [0.15, 0.2) is 0 Å². The lowest BCUT2D eigenvalue weighted by Crippen LogP contribution is -2.92. The molecule has 0 aromatic heterocycles. The minimum absolute atomic E-state index is 0.335. The SMILES string of the molecule is CC1CCN(C[C@@H](O)COCCC23CC4CC5CC(c6ccccc6)(C2)C453)CC1. The highest BCUT2D eigenvalue weighted by Crippen LogP contribution is 2.98. The summed E-state index contributed by atoms with van der Waals surface area (Å²) in [6.07, 6.45) is 9.16. The molecule has 1 aromatic rings. The summed E-state index contributed by atoms with van der Waals surface area (Å²) in [7, 11) is 0. The van der Waals surface area contributed by atoms with Crippen molar-refractivity contribution in [2.45, 2.75) is 63.4 Å². The third-order valence-corrected chi connectivity index (χ3v) is 10.1. The Morgan fingerprint density at radius 2 is 1.90 bits per heavy atom. The molecular formula is C26H37NO2. The minimum atomic E-state index is -0.335. The number of nitrogens with zero attached hydrogens (tertiary/aromatic N) is 1. The van der Waals surface area contributed by atoms with Crippen molar-refractivity contribution >= 4 is 0 Å². The van der Waals surface area contributed by atoms with Gasteiger partial charge in [0.25, 0.3) is 0 Å². The van der Waals surface area contributed by atoms with Crippen molar-refractivity contribution in [2.75, 3.05) is 32.8 Å². The molecule has 1 aliphatic heterocycles. The predicted octanol–water partition coefficient (Wildman–Crippen LogP) is 4.24. The summed E-state index contributed by atoms with van der Waals surface area (Å²) < 4.78 is 6.03. The molecule has 4 saturated carbocycles. The van der Waals surface area contributed by atoms with Gasteiger partial charge in [-0.05, 0) is 92.2 Å². The van der Waals surface area contributed by atoms with Gasteiger partial charge < -0.3 is 14.7 Å². The van der Waals surface area contributed by atoms with E-state index in [1.165, 1.54) is 44.9 Å². The number of β-amino-alcohol motifs (C(OH)–C–C–N with tert-alkyl or cyclic N) is 1. The zero-order valence-corrected chi connectivity index (χ0v) is 18.0. The highest BCUT2D eigenvalue weighted by molar-refractivity contribution is 5.51. The van der Waals surface area contributed by atoms with Crippen LogP contribution < -0.4 is 0 Å². The number of likely N-dealkylation sites (tertiary alicyclic amines) is 1. The summed E-state index contributed by atoms with van der Waals surface area (Å²) >= 11 is 0. The number of aliphatic hydroxyl groups excluding tert-OH is 1. The molecule has 0 amide bonds. The van der Waals surface area contributed by atoms with Crippen LogP contribution in [-0.4, -0.2) is 49.0 Å². The van der Waals surface area contributed by atoms with Crippen LogP contribution in [0.5, 0.6) is 0 Å². The third-order valence-electron chi connectivity index (χ3n) is 10.1. The molecule has 1 spiro atoms. The van der Waals surface area contributed by atoms with Crippen LogP contribution in [0.15, 0.2) is 30.3 Å². The number of ether oxygens (including phenoxy) is 1. The van der Waals surface area contributed by atoms with Crippen molar-refractivity contribution in [3.05, 3.63) is 35.9 Å². The number of piperidine rings is 1. The Bertz CT molecular complexity index is 753. The number of benzene rings is 1. The van der Waals surface area contributed by atoms with Crippen molar-refractivity contribution in [3.63, 3.8) is 0 Å². The average Bonchev–Trinajstić information content (AvgIpc) is 2.67. The second kappa shape index (κ2) is 6.55. The number of hydrogen-bond acceptors (Lipinski definition) is 3. The zero-order valence-electron chi connectivity index (χ0n) is 18.0. The van der Waals surface area contributed by atoms with Crippen LogP contribution in [0.2, 0.25) is 0 Å². The van der Waals surface area contributed by atoms with Gasteiger partial charge in [0.1, 0.15) is 0 Å². The summed E-state index contributed by atoms with van der Waals surface area (Å²) in [5, 5.41) is 10.4. The lowest BCUT2D eigenvalue weighted by molar-refractivity contribution is -0.450. The van der Waals surface area contributed by atoms with Crippen LogP contribution in [0.1, 0.15) is 57.4 Å². The fourth-order valence-electron chi connectivity index (χ4n) is 9.10. The fourth-order valence-corrected chi connectivity index (χ4v) is 9.10. The van der Waals surface area contributed by atoms with Crippen LogP contribution >= 0.6 is 0 Å². The first kappa shape index (κ1) is 18.8. The van der Waals surface area contributed by atoms with E-state index in [4.69, 9.17) is 4.74 Å². The molecule has 0 bridgehead atoms. The maximum atomic E-state index is 10.4. The van der Waals surface area contributed by atoms with Gasteiger partial charge in [-0.2, -0.15) is 0 Å². The Balaban J connectivity index is 1.01. The normalized spacial score (nSPS) is 43.8. The van der Waals surface area contributed by atoms with E-state index in [1.54, 1.807) is 5.56 Å². The maximum Gasteiger partial charge on any atom is 0.0900 e. The Morgan fingerprint density at radius 1 is 1.14 bits per heavy atom. The second-order valence-corrected chi connectivity index (χ2v) is 11.3. The zero-order chi connectivity index (χ0) is 19.7. The summed E-state index contributed by atoms with van der Waals surface area (Å²) in [4.78, 5) is 2.41. The summed E-state index contributed by atoms with van der Waals surface area (Å²) in [6, 6.07) is 11.4. The van der Waals surface area contributed by atoms with Crippen LogP contribution in [-0.2, 0) is 10.2 Å². The molecule has 6 atom stereocenters. The molecule has 3 nitrogen and oxygen atoms in total. The summed E-state index contributed by atoms with van der Waals surface area (Å²) in [5.74, 6) is 2.82. The van der Waals surface area contributed by atoms with E-state index >= 15 is 0 Å². The molecule has 5 unspecified atom stereocenters. The molecule has 1 aromatic carbocycles. The molecule has 6 rings (SSSR count). The van der Waals surface area contributed by atoms with Gasteiger partial charge in [0.05, 0.1) is 12.7 Å². The fraction of sp³-hybridized carbons (Fsp3) is 0.769. The summed E-state index contributed by atoms with van der Waals surface area (Å²) in [5.41, 5.74) is 3.31. The Morgan fingerprint density at radius 3 is 2.62 bits per heavy atom. The Labute approximate surface area is 175 Å². The monoisotopic (exact) mass is 395 g/mol. The number of aliphatic hydroxyl groups is 1. The van der Waals surface area contributed by atoms with Crippen LogP contribution in [0.4, 0.5) is 0 Å². The van der Waals surface area contributed by atoms with Crippen molar-refractivity contribution < 1.29 is 9.84 Å². The molecule has 5 aliphatic rings. The largest absolute Gasteiger partial charge is 0.389 e. The lowest BCUT2D eigenvalue weighted by atomic mass is 9.07. The lowest BCUT2D eigenvalue weighted by Gasteiger charge is -2.96. The predicted molar refractivity (Wildman–Crippen MR) is 115 cm³/mol. The maximum absolute atomic E-state index is 10.4. The second-order valence-electron chi connectivity index (χ2n) is 11.3. The number of rotatable bonds is 8. The number of hydrogen-bond donors (Lipinski definition) is 1. The molecule has 3 heteroatoms. The van der Waals surface area contributed by atoms with E-state index in [0.717, 1.165) is 44.0 Å². The van der Waals surface area contributed by atoms with Gasteiger partial charge in [-0.3, -0.25) is 0 Å². The van der Waals surface area contributed by atoms with Gasteiger partial charge >= 0.3 is 0 Å². The average molecular weight is 396 g/mol. The van der Waals surface area contributed by atoms with Crippen LogP contribution in [0.25, 0.3) is 0 Å². The van der Waals surface area contributed by atoms with Crippen molar-refractivity contribution in [1.29, 1.82) is 0 Å². The molecule has 1 N–H and O–H groups in total. The molecule has 4 aliphatic carbocycles. The van der Waals surface area contributed by atoms with Crippen LogP contribution in [0, 0.1) is 28.6 Å². The van der Waals surface area contributed by atoms with E-state index in [2.05, 4.69) is 42.2 Å². The highest BCUT2D eigenvalue weighted by Gasteiger charge is 2.93. The smallest absolute Gasteiger partial charge is 0.0900 e. The first-order valence-electron chi connectivity index (χ1n) is 12.1. The van der Waals surface area contributed by atoms with Gasteiger partial charge in [0, 0.05) is 18.6 Å². The highest BCUT2D eigenvalue weighted by atomic mass is 16.5. The van der Waals surface area contributed by atoms with Gasteiger partial charge in [-0.25, -0.2) is 0 Å².